The molecule has 0 aliphatic carbocycles. The molecule has 0 amide bonds. The van der Waals surface area contributed by atoms with Crippen LogP contribution in [0.15, 0.2) is 75.9 Å². The van der Waals surface area contributed by atoms with Crippen LogP contribution < -0.4 is 10.3 Å². The third-order valence-electron chi connectivity index (χ3n) is 5.75. The molecule has 0 saturated carbocycles. The van der Waals surface area contributed by atoms with E-state index in [2.05, 4.69) is 47.4 Å². The molecule has 1 saturated heterocycles. The van der Waals surface area contributed by atoms with Gasteiger partial charge >= 0.3 is 0 Å². The third-order valence-corrected chi connectivity index (χ3v) is 6.97. The number of morpholine rings is 1. The average Bonchev–Trinajstić information content (AvgIpc) is 3.18. The first kappa shape index (κ1) is 17.7. The summed E-state index contributed by atoms with van der Waals surface area (Å²) in [6, 6.07) is 22.4. The molecule has 0 spiro atoms. The molecule has 4 nitrogen and oxygen atoms in total. The van der Waals surface area contributed by atoms with Crippen LogP contribution in [0, 0.1) is 0 Å². The maximum Gasteiger partial charge on any atom is 0.200 e. The molecule has 6 rings (SSSR count). The molecule has 1 aliphatic rings. The number of ether oxygens (including phenoxy) is 1. The molecule has 5 aromatic rings. The normalized spacial score (nSPS) is 14.7. The summed E-state index contributed by atoms with van der Waals surface area (Å²) < 4.78 is 14.0. The van der Waals surface area contributed by atoms with E-state index in [0.29, 0.717) is 30.1 Å². The number of rotatable bonds is 2. The molecule has 1 aliphatic heterocycles. The Labute approximate surface area is 176 Å². The number of benzene rings is 3. The van der Waals surface area contributed by atoms with E-state index in [9.17, 15) is 4.79 Å². The fourth-order valence-electron chi connectivity index (χ4n) is 4.23. The summed E-state index contributed by atoms with van der Waals surface area (Å²) in [5.41, 5.74) is 2.79. The van der Waals surface area contributed by atoms with Crippen molar-refractivity contribution in [1.29, 1.82) is 0 Å². The minimum Gasteiger partial charge on any atom is -0.440 e. The van der Waals surface area contributed by atoms with Gasteiger partial charge in [-0.25, -0.2) is 0 Å². The minimum atomic E-state index is -0.0110. The van der Waals surface area contributed by atoms with E-state index in [-0.39, 0.29) is 5.43 Å². The fourth-order valence-corrected chi connectivity index (χ4v) is 5.46. The van der Waals surface area contributed by atoms with Crippen molar-refractivity contribution in [3.8, 4) is 11.1 Å². The zero-order valence-electron chi connectivity index (χ0n) is 16.3. The van der Waals surface area contributed by atoms with E-state index >= 15 is 0 Å². The summed E-state index contributed by atoms with van der Waals surface area (Å²) >= 11 is 1.79. The molecule has 3 aromatic carbocycles. The van der Waals surface area contributed by atoms with Gasteiger partial charge in [0, 0.05) is 39.3 Å². The Bertz CT molecular complexity index is 1460. The Kier molecular flexibility index (Phi) is 4.11. The van der Waals surface area contributed by atoms with Crippen molar-refractivity contribution < 1.29 is 9.15 Å². The van der Waals surface area contributed by atoms with Crippen LogP contribution in [0.1, 0.15) is 0 Å². The topological polar surface area (TPSA) is 42.7 Å². The summed E-state index contributed by atoms with van der Waals surface area (Å²) in [7, 11) is 0. The van der Waals surface area contributed by atoms with Crippen molar-refractivity contribution in [2.75, 3.05) is 31.2 Å². The number of hydrogen-bond donors (Lipinski definition) is 0. The average molecular weight is 413 g/mol. The zero-order valence-corrected chi connectivity index (χ0v) is 17.1. The van der Waals surface area contributed by atoms with Gasteiger partial charge in [0.15, 0.2) is 11.3 Å². The van der Waals surface area contributed by atoms with Gasteiger partial charge in [-0.2, -0.15) is 0 Å². The van der Waals surface area contributed by atoms with Gasteiger partial charge in [0.25, 0.3) is 0 Å². The van der Waals surface area contributed by atoms with Crippen molar-refractivity contribution in [2.45, 2.75) is 0 Å². The summed E-state index contributed by atoms with van der Waals surface area (Å²) in [5, 5.41) is 3.14. The predicted molar refractivity (Wildman–Crippen MR) is 124 cm³/mol. The van der Waals surface area contributed by atoms with Gasteiger partial charge in [-0.05, 0) is 29.3 Å². The molecule has 0 N–H and O–H groups in total. The SMILES string of the molecule is O=c1cc(N2CCOCC2)oc2ccc(-c3cccc4c3sc3ccccc34)cc12. The second kappa shape index (κ2) is 6.97. The predicted octanol–water partition coefficient (Wildman–Crippen LogP) is 5.66. The highest BCUT2D eigenvalue weighted by Gasteiger charge is 2.16. The maximum absolute atomic E-state index is 12.9. The van der Waals surface area contributed by atoms with Crippen LogP contribution in [0.25, 0.3) is 42.3 Å². The van der Waals surface area contributed by atoms with E-state index in [1.54, 1.807) is 17.4 Å². The third kappa shape index (κ3) is 2.82. The molecular weight excluding hydrogens is 394 g/mol. The van der Waals surface area contributed by atoms with E-state index in [4.69, 9.17) is 9.15 Å². The van der Waals surface area contributed by atoms with Gasteiger partial charge < -0.3 is 14.1 Å². The molecule has 0 atom stereocenters. The second-order valence-corrected chi connectivity index (χ2v) is 8.59. The monoisotopic (exact) mass is 413 g/mol. The quantitative estimate of drug-likeness (QED) is 0.374. The Hall–Kier alpha value is -3.15. The van der Waals surface area contributed by atoms with Crippen LogP contribution in [-0.2, 0) is 4.74 Å². The molecule has 1 fully saturated rings. The molecule has 0 unspecified atom stereocenters. The summed E-state index contributed by atoms with van der Waals surface area (Å²) in [5.74, 6) is 0.621. The van der Waals surface area contributed by atoms with E-state index < -0.39 is 0 Å². The van der Waals surface area contributed by atoms with Crippen molar-refractivity contribution in [3.63, 3.8) is 0 Å². The standard InChI is InChI=1S/C25H19NO3S/c27-21-15-24(26-10-12-28-13-11-26)29-22-9-8-16(14-20(21)22)17-5-3-6-19-18-4-1-2-7-23(18)30-25(17)19/h1-9,14-15H,10-13H2. The van der Waals surface area contributed by atoms with Crippen LogP contribution in [0.4, 0.5) is 5.88 Å². The lowest BCUT2D eigenvalue weighted by Crippen LogP contribution is -2.36. The van der Waals surface area contributed by atoms with E-state index in [1.807, 2.05) is 18.2 Å². The fraction of sp³-hybridized carbons (Fsp3) is 0.160. The first-order valence-corrected chi connectivity index (χ1v) is 10.9. The summed E-state index contributed by atoms with van der Waals surface area (Å²) in [4.78, 5) is 15.0. The van der Waals surface area contributed by atoms with Crippen LogP contribution in [0.5, 0.6) is 0 Å². The first-order chi connectivity index (χ1) is 14.8. The summed E-state index contributed by atoms with van der Waals surface area (Å²) in [6.45, 7) is 2.78. The lowest BCUT2D eigenvalue weighted by atomic mass is 10.0. The van der Waals surface area contributed by atoms with Crippen LogP contribution in [0.3, 0.4) is 0 Å². The van der Waals surface area contributed by atoms with Gasteiger partial charge in [0.05, 0.1) is 18.6 Å². The van der Waals surface area contributed by atoms with Crippen molar-refractivity contribution in [3.05, 3.63) is 77.0 Å². The highest BCUT2D eigenvalue weighted by molar-refractivity contribution is 7.26. The van der Waals surface area contributed by atoms with Crippen LogP contribution >= 0.6 is 11.3 Å². The Morgan fingerprint density at radius 1 is 0.833 bits per heavy atom. The molecule has 0 bridgehead atoms. The number of nitrogens with zero attached hydrogens (tertiary/aromatic N) is 1. The summed E-state index contributed by atoms with van der Waals surface area (Å²) in [6.07, 6.45) is 0. The number of anilines is 1. The van der Waals surface area contributed by atoms with Crippen LogP contribution in [0.2, 0.25) is 0 Å². The molecule has 2 aromatic heterocycles. The molecule has 5 heteroatoms. The molecule has 3 heterocycles. The molecule has 30 heavy (non-hydrogen) atoms. The van der Waals surface area contributed by atoms with Crippen molar-refractivity contribution in [1.82, 2.24) is 0 Å². The smallest absolute Gasteiger partial charge is 0.200 e. The maximum atomic E-state index is 12.9. The molecular formula is C25H19NO3S. The minimum absolute atomic E-state index is 0.0110. The largest absolute Gasteiger partial charge is 0.440 e. The Balaban J connectivity index is 1.50. The van der Waals surface area contributed by atoms with Crippen LogP contribution in [-0.4, -0.2) is 26.3 Å². The van der Waals surface area contributed by atoms with Gasteiger partial charge in [-0.1, -0.05) is 42.5 Å². The number of thiophene rings is 1. The van der Waals surface area contributed by atoms with Gasteiger partial charge in [-0.3, -0.25) is 4.79 Å². The lowest BCUT2D eigenvalue weighted by Gasteiger charge is -2.27. The van der Waals surface area contributed by atoms with E-state index in [1.165, 1.54) is 20.2 Å². The van der Waals surface area contributed by atoms with Crippen molar-refractivity contribution >= 4 is 48.4 Å². The first-order valence-electron chi connectivity index (χ1n) is 10.1. The highest BCUT2D eigenvalue weighted by Crippen LogP contribution is 2.40. The molecule has 0 radical (unpaired) electrons. The van der Waals surface area contributed by atoms with Gasteiger partial charge in [0.1, 0.15) is 5.58 Å². The van der Waals surface area contributed by atoms with Gasteiger partial charge in [0.2, 0.25) is 0 Å². The second-order valence-electron chi connectivity index (χ2n) is 7.54. The zero-order chi connectivity index (χ0) is 20.1. The van der Waals surface area contributed by atoms with E-state index in [0.717, 1.165) is 24.2 Å². The lowest BCUT2D eigenvalue weighted by molar-refractivity contribution is 0.121. The molecule has 148 valence electrons. The van der Waals surface area contributed by atoms with Gasteiger partial charge in [-0.15, -0.1) is 11.3 Å². The highest BCUT2D eigenvalue weighted by atomic mass is 32.1. The Morgan fingerprint density at radius 2 is 1.67 bits per heavy atom. The number of hydrogen-bond acceptors (Lipinski definition) is 5. The Morgan fingerprint density at radius 3 is 2.57 bits per heavy atom. The number of fused-ring (bicyclic) bond motifs is 4. The van der Waals surface area contributed by atoms with Crippen molar-refractivity contribution in [2.24, 2.45) is 0 Å².